The van der Waals surface area contributed by atoms with Gasteiger partial charge >= 0.3 is 0 Å². The van der Waals surface area contributed by atoms with Gasteiger partial charge in [0.25, 0.3) is 0 Å². The number of carbonyl (C=O) groups is 1. The molecule has 17 heavy (non-hydrogen) atoms. The van der Waals surface area contributed by atoms with Crippen molar-refractivity contribution in [1.82, 2.24) is 19.9 Å². The summed E-state index contributed by atoms with van der Waals surface area (Å²) in [4.78, 5) is 15.6. The fraction of sp³-hybridized carbons (Fsp3) is 0.300. The number of fused-ring (bicyclic) bond motifs is 1. The molecule has 0 aliphatic rings. The van der Waals surface area contributed by atoms with E-state index >= 15 is 0 Å². The zero-order valence-electron chi connectivity index (χ0n) is 9.44. The van der Waals surface area contributed by atoms with Gasteiger partial charge in [-0.3, -0.25) is 4.79 Å². The second-order valence-corrected chi connectivity index (χ2v) is 4.48. The number of hydrogen-bond donors (Lipinski definition) is 2. The van der Waals surface area contributed by atoms with E-state index in [1.165, 1.54) is 0 Å². The summed E-state index contributed by atoms with van der Waals surface area (Å²) >= 11 is 3.35. The van der Waals surface area contributed by atoms with Gasteiger partial charge in [0.05, 0.1) is 0 Å². The number of likely N-dealkylation sites (N-methyl/N-ethyl adjacent to an activating group) is 1. The van der Waals surface area contributed by atoms with Crippen LogP contribution in [-0.4, -0.2) is 33.6 Å². The summed E-state index contributed by atoms with van der Waals surface area (Å²) in [6, 6.07) is 3.35. The van der Waals surface area contributed by atoms with Gasteiger partial charge in [-0.1, -0.05) is 0 Å². The first-order chi connectivity index (χ1) is 8.10. The molecule has 0 radical (unpaired) electrons. The van der Waals surface area contributed by atoms with E-state index in [-0.39, 0.29) is 11.9 Å². The largest absolute Gasteiger partial charge is 0.357 e. The highest BCUT2D eigenvalue weighted by atomic mass is 79.9. The second kappa shape index (κ2) is 4.70. The van der Waals surface area contributed by atoms with Gasteiger partial charge in [-0.25, -0.2) is 4.52 Å². The molecule has 90 valence electrons. The average Bonchev–Trinajstić information content (AvgIpc) is 2.69. The molecule has 1 amide bonds. The lowest BCUT2D eigenvalue weighted by atomic mass is 10.3. The smallest absolute Gasteiger partial charge is 0.243 e. The van der Waals surface area contributed by atoms with Gasteiger partial charge < -0.3 is 10.6 Å². The van der Waals surface area contributed by atoms with Crippen molar-refractivity contribution in [1.29, 1.82) is 0 Å². The van der Waals surface area contributed by atoms with Crippen LogP contribution in [0.3, 0.4) is 0 Å². The van der Waals surface area contributed by atoms with E-state index in [1.54, 1.807) is 24.7 Å². The number of carbonyl (C=O) groups excluding carboxylic acids is 1. The lowest BCUT2D eigenvalue weighted by Crippen LogP contribution is -2.35. The van der Waals surface area contributed by atoms with Crippen LogP contribution in [-0.2, 0) is 4.79 Å². The SMILES string of the molecule is CNC(=O)C(C)Nc1nc2ccc(Br)cn2n1. The molecule has 7 heteroatoms. The van der Waals surface area contributed by atoms with Crippen molar-refractivity contribution in [2.75, 3.05) is 12.4 Å². The van der Waals surface area contributed by atoms with Crippen LogP contribution >= 0.6 is 15.9 Å². The first-order valence-corrected chi connectivity index (χ1v) is 5.89. The molecule has 1 unspecified atom stereocenters. The van der Waals surface area contributed by atoms with Crippen molar-refractivity contribution in [2.45, 2.75) is 13.0 Å². The Morgan fingerprint density at radius 2 is 2.29 bits per heavy atom. The third-order valence-corrected chi connectivity index (χ3v) is 2.75. The number of hydrogen-bond acceptors (Lipinski definition) is 4. The third-order valence-electron chi connectivity index (χ3n) is 2.28. The summed E-state index contributed by atoms with van der Waals surface area (Å²) in [7, 11) is 1.59. The molecule has 0 saturated heterocycles. The zero-order chi connectivity index (χ0) is 12.4. The quantitative estimate of drug-likeness (QED) is 0.888. The number of rotatable bonds is 3. The zero-order valence-corrected chi connectivity index (χ0v) is 11.0. The number of nitrogens with one attached hydrogen (secondary N) is 2. The molecule has 0 saturated carbocycles. The molecule has 0 bridgehead atoms. The Hall–Kier alpha value is -1.63. The van der Waals surface area contributed by atoms with Crippen LogP contribution in [0, 0.1) is 0 Å². The molecule has 0 fully saturated rings. The fourth-order valence-corrected chi connectivity index (χ4v) is 1.72. The molecule has 6 nitrogen and oxygen atoms in total. The van der Waals surface area contributed by atoms with Gasteiger partial charge in [-0.15, -0.1) is 5.10 Å². The Morgan fingerprint density at radius 3 is 3.00 bits per heavy atom. The molecular formula is C10H12BrN5O. The number of pyridine rings is 1. The Kier molecular flexibility index (Phi) is 3.28. The topological polar surface area (TPSA) is 71.3 Å². The van der Waals surface area contributed by atoms with Gasteiger partial charge in [0, 0.05) is 17.7 Å². The summed E-state index contributed by atoms with van der Waals surface area (Å²) in [5.74, 6) is 0.323. The Labute approximate surface area is 107 Å². The van der Waals surface area contributed by atoms with Gasteiger partial charge in [-0.2, -0.15) is 4.98 Å². The van der Waals surface area contributed by atoms with Crippen molar-refractivity contribution in [3.05, 3.63) is 22.8 Å². The number of anilines is 1. The van der Waals surface area contributed by atoms with Crippen LogP contribution in [0.25, 0.3) is 5.65 Å². The molecule has 2 aromatic rings. The fourth-order valence-electron chi connectivity index (χ4n) is 1.39. The van der Waals surface area contributed by atoms with E-state index in [4.69, 9.17) is 0 Å². The molecule has 2 N–H and O–H groups in total. The number of halogens is 1. The van der Waals surface area contributed by atoms with E-state index in [2.05, 4.69) is 36.6 Å². The first-order valence-electron chi connectivity index (χ1n) is 5.10. The lowest BCUT2D eigenvalue weighted by Gasteiger charge is -2.09. The maximum atomic E-state index is 11.3. The summed E-state index contributed by atoms with van der Waals surface area (Å²) in [5, 5.41) is 9.70. The average molecular weight is 298 g/mol. The molecule has 2 aromatic heterocycles. The molecule has 1 atom stereocenters. The van der Waals surface area contributed by atoms with Gasteiger partial charge in [0.2, 0.25) is 11.9 Å². The summed E-state index contributed by atoms with van der Waals surface area (Å²) < 4.78 is 2.56. The lowest BCUT2D eigenvalue weighted by molar-refractivity contribution is -0.121. The maximum Gasteiger partial charge on any atom is 0.243 e. The molecule has 0 aliphatic heterocycles. The number of nitrogens with zero attached hydrogens (tertiary/aromatic N) is 3. The predicted molar refractivity (Wildman–Crippen MR) is 67.8 cm³/mol. The summed E-state index contributed by atoms with van der Waals surface area (Å²) in [6.45, 7) is 1.75. The second-order valence-electron chi connectivity index (χ2n) is 3.57. The van der Waals surface area contributed by atoms with Gasteiger partial charge in [0.15, 0.2) is 5.65 Å². The minimum Gasteiger partial charge on any atom is -0.357 e. The minimum absolute atomic E-state index is 0.106. The van der Waals surface area contributed by atoms with Crippen molar-refractivity contribution in [3.63, 3.8) is 0 Å². The van der Waals surface area contributed by atoms with E-state index in [1.807, 2.05) is 12.1 Å². The molecule has 2 heterocycles. The summed E-state index contributed by atoms with van der Waals surface area (Å²) in [5.41, 5.74) is 0.722. The summed E-state index contributed by atoms with van der Waals surface area (Å²) in [6.07, 6.45) is 1.80. The highest BCUT2D eigenvalue weighted by molar-refractivity contribution is 9.10. The van der Waals surface area contributed by atoms with Gasteiger partial charge in [-0.05, 0) is 35.0 Å². The monoisotopic (exact) mass is 297 g/mol. The Morgan fingerprint density at radius 1 is 1.53 bits per heavy atom. The normalized spacial score (nSPS) is 12.4. The Bertz CT molecular complexity index is 553. The van der Waals surface area contributed by atoms with Crippen LogP contribution < -0.4 is 10.6 Å². The van der Waals surface area contributed by atoms with Crippen molar-refractivity contribution < 1.29 is 4.79 Å². The van der Waals surface area contributed by atoms with Crippen LogP contribution in [0.4, 0.5) is 5.95 Å². The van der Waals surface area contributed by atoms with Crippen molar-refractivity contribution in [2.24, 2.45) is 0 Å². The number of amides is 1. The third kappa shape index (κ3) is 2.55. The van der Waals surface area contributed by atoms with Crippen LogP contribution in [0.5, 0.6) is 0 Å². The highest BCUT2D eigenvalue weighted by Gasteiger charge is 2.13. The van der Waals surface area contributed by atoms with E-state index in [0.717, 1.165) is 10.1 Å². The van der Waals surface area contributed by atoms with E-state index < -0.39 is 0 Å². The molecule has 2 rings (SSSR count). The number of aromatic nitrogens is 3. The first kappa shape index (κ1) is 11.8. The van der Waals surface area contributed by atoms with Gasteiger partial charge in [0.1, 0.15) is 6.04 Å². The van der Waals surface area contributed by atoms with Crippen LogP contribution in [0.2, 0.25) is 0 Å². The highest BCUT2D eigenvalue weighted by Crippen LogP contribution is 2.12. The van der Waals surface area contributed by atoms with Crippen LogP contribution in [0.1, 0.15) is 6.92 Å². The van der Waals surface area contributed by atoms with Crippen LogP contribution in [0.15, 0.2) is 22.8 Å². The van der Waals surface area contributed by atoms with Crippen molar-refractivity contribution in [3.8, 4) is 0 Å². The standard InChI is InChI=1S/C10H12BrN5O/c1-6(9(17)12-2)13-10-14-8-4-3-7(11)5-16(8)15-10/h3-6H,1-2H3,(H,12,17)(H,13,15). The van der Waals surface area contributed by atoms with Crippen molar-refractivity contribution >= 4 is 33.4 Å². The molecular weight excluding hydrogens is 286 g/mol. The minimum atomic E-state index is -0.374. The van der Waals surface area contributed by atoms with E-state index in [9.17, 15) is 4.79 Å². The molecule has 0 aromatic carbocycles. The molecule has 0 spiro atoms. The maximum absolute atomic E-state index is 11.3. The Balaban J connectivity index is 2.22. The molecule has 0 aliphatic carbocycles. The van der Waals surface area contributed by atoms with E-state index in [0.29, 0.717) is 5.95 Å². The predicted octanol–water partition coefficient (Wildman–Crippen LogP) is 1.04.